The van der Waals surface area contributed by atoms with E-state index in [2.05, 4.69) is 5.11 Å². The van der Waals surface area contributed by atoms with Crippen LogP contribution in [-0.4, -0.2) is 59.5 Å². The van der Waals surface area contributed by atoms with Crippen LogP contribution in [0, 0.1) is 0 Å². The van der Waals surface area contributed by atoms with Crippen molar-refractivity contribution in [3.63, 3.8) is 0 Å². The lowest BCUT2D eigenvalue weighted by Gasteiger charge is -2.16. The summed E-state index contributed by atoms with van der Waals surface area (Å²) in [6.07, 6.45) is -1.22. The van der Waals surface area contributed by atoms with Crippen LogP contribution in [0.2, 0.25) is 0 Å². The number of hydrogen-bond acceptors (Lipinski definition) is 4. The lowest BCUT2D eigenvalue weighted by Crippen LogP contribution is -2.35. The van der Waals surface area contributed by atoms with E-state index >= 15 is 0 Å². The second-order valence-corrected chi connectivity index (χ2v) is 2.76. The Morgan fingerprint density at radius 3 is 2.92 bits per heavy atom. The van der Waals surface area contributed by atoms with Crippen LogP contribution in [0.1, 0.15) is 0 Å². The molecule has 0 bridgehead atoms. The van der Waals surface area contributed by atoms with Crippen molar-refractivity contribution in [1.82, 2.24) is 0 Å². The Hall–Kier alpha value is -0.0951. The van der Waals surface area contributed by atoms with Gasteiger partial charge in [0.05, 0.1) is 6.61 Å². The van der Waals surface area contributed by atoms with Gasteiger partial charge >= 0.3 is 0 Å². The average molecular weight is 173 g/mol. The van der Waals surface area contributed by atoms with Gasteiger partial charge in [-0.25, -0.2) is 0 Å². The molecule has 0 aromatic heterocycles. The average Bonchev–Trinajstić information content (AvgIpc) is 2.41. The fourth-order valence-corrected chi connectivity index (χ4v) is 1.32. The zero-order valence-electron chi connectivity index (χ0n) is 8.23. The first-order valence-electron chi connectivity index (χ1n) is 4.20. The van der Waals surface area contributed by atoms with Gasteiger partial charge in [-0.2, -0.15) is 0 Å². The highest BCUT2D eigenvalue weighted by molar-refractivity contribution is 6.11. The third kappa shape index (κ3) is 1.80. The molecule has 1 aliphatic rings. The number of rotatable bonds is 4. The molecule has 12 heavy (non-hydrogen) atoms. The SMILES string of the molecule is [2H]O[C@@H]1C(OC)[C@H]([B])O[C@@H]1COC. The fourth-order valence-electron chi connectivity index (χ4n) is 1.32. The van der Waals surface area contributed by atoms with Crippen molar-refractivity contribution in [2.75, 3.05) is 20.8 Å². The molecule has 1 aliphatic heterocycles. The minimum Gasteiger partial charge on any atom is -0.388 e. The van der Waals surface area contributed by atoms with Crippen molar-refractivity contribution in [2.45, 2.75) is 24.3 Å². The summed E-state index contributed by atoms with van der Waals surface area (Å²) in [4.78, 5) is 0. The zero-order valence-corrected chi connectivity index (χ0v) is 7.23. The molecule has 1 rings (SSSR count). The van der Waals surface area contributed by atoms with E-state index in [0.717, 1.165) is 0 Å². The highest BCUT2D eigenvalue weighted by atomic mass is 16.6. The second kappa shape index (κ2) is 4.23. The molecule has 0 aromatic carbocycles. The Labute approximate surface area is 74.7 Å². The van der Waals surface area contributed by atoms with Gasteiger partial charge in [-0.3, -0.25) is 0 Å². The van der Waals surface area contributed by atoms with Crippen molar-refractivity contribution < 1.29 is 19.3 Å². The van der Waals surface area contributed by atoms with E-state index in [1.165, 1.54) is 7.11 Å². The van der Waals surface area contributed by atoms with Crippen LogP contribution in [0.4, 0.5) is 0 Å². The molecule has 1 unspecified atom stereocenters. The van der Waals surface area contributed by atoms with E-state index < -0.39 is 18.2 Å². The van der Waals surface area contributed by atoms with E-state index in [4.69, 9.17) is 23.5 Å². The summed E-state index contributed by atoms with van der Waals surface area (Å²) >= 11 is 0. The van der Waals surface area contributed by atoms with E-state index in [9.17, 15) is 0 Å². The minimum absolute atomic E-state index is 0.331. The molecule has 4 atom stereocenters. The predicted molar refractivity (Wildman–Crippen MR) is 43.1 cm³/mol. The summed E-state index contributed by atoms with van der Waals surface area (Å²) in [7, 11) is 8.67. The molecule has 1 N–H and O–H groups in total. The van der Waals surface area contributed by atoms with Gasteiger partial charge in [0.1, 0.15) is 26.2 Å². The molecular weight excluding hydrogens is 159 g/mol. The summed E-state index contributed by atoms with van der Waals surface area (Å²) in [5.74, 6) is 0. The van der Waals surface area contributed by atoms with Crippen LogP contribution >= 0.6 is 0 Å². The number of hydrogen-bond donors (Lipinski definition) is 1. The Morgan fingerprint density at radius 1 is 1.67 bits per heavy atom. The first-order valence-corrected chi connectivity index (χ1v) is 3.79. The predicted octanol–water partition coefficient (Wildman–Crippen LogP) is -1.10. The summed E-state index contributed by atoms with van der Waals surface area (Å²) in [6, 6.07) is -0.555. The molecule has 2 radical (unpaired) electrons. The lowest BCUT2D eigenvalue weighted by atomic mass is 9.93. The van der Waals surface area contributed by atoms with E-state index in [-0.39, 0.29) is 6.10 Å². The number of aliphatic hydroxyl groups is 1. The molecule has 4 nitrogen and oxygen atoms in total. The van der Waals surface area contributed by atoms with Crippen LogP contribution in [0.3, 0.4) is 0 Å². The first kappa shape index (κ1) is 8.50. The number of methoxy groups -OCH3 is 2. The quantitative estimate of drug-likeness (QED) is 0.548. The molecule has 1 heterocycles. The van der Waals surface area contributed by atoms with E-state index in [0.29, 0.717) is 6.61 Å². The van der Waals surface area contributed by atoms with Gasteiger partial charge < -0.3 is 19.3 Å². The first-order chi connectivity index (χ1) is 6.24. The van der Waals surface area contributed by atoms with Crippen molar-refractivity contribution in [3.05, 3.63) is 0 Å². The third-order valence-electron chi connectivity index (χ3n) is 1.95. The topological polar surface area (TPSA) is 47.9 Å². The van der Waals surface area contributed by atoms with Crippen molar-refractivity contribution in [3.8, 4) is 0 Å². The van der Waals surface area contributed by atoms with Gasteiger partial charge in [-0.15, -0.1) is 0 Å². The maximum atomic E-state index is 6.86. The van der Waals surface area contributed by atoms with Gasteiger partial charge in [-0.1, -0.05) is 0 Å². The van der Waals surface area contributed by atoms with Crippen LogP contribution in [-0.2, 0) is 14.2 Å². The zero-order chi connectivity index (χ0) is 9.84. The Morgan fingerprint density at radius 2 is 2.42 bits per heavy atom. The van der Waals surface area contributed by atoms with Gasteiger partial charge in [-0.05, 0) is 0 Å². The summed E-state index contributed by atoms with van der Waals surface area (Å²) in [5, 5.41) is 4.49. The third-order valence-corrected chi connectivity index (χ3v) is 1.95. The standard InChI is InChI=1S/C7H13BO4/c1-10-3-4-5(9)6(11-2)7(8)12-4/h4-7,9H,3H2,1-2H3/t4-,5+,6?,7-/m1/s1/i9D. The molecule has 68 valence electrons. The van der Waals surface area contributed by atoms with Crippen LogP contribution in [0.25, 0.3) is 0 Å². The summed E-state index contributed by atoms with van der Waals surface area (Å²) in [5.41, 5.74) is 0. The highest BCUT2D eigenvalue weighted by Gasteiger charge is 2.40. The molecule has 1 fully saturated rings. The van der Waals surface area contributed by atoms with Crippen LogP contribution in [0.5, 0.6) is 0 Å². The molecule has 0 amide bonds. The van der Waals surface area contributed by atoms with Crippen molar-refractivity contribution in [2.24, 2.45) is 0 Å². The fraction of sp³-hybridized carbons (Fsp3) is 1.00. The molecule has 0 aliphatic carbocycles. The molecular formula is C7H13BO4. The summed E-state index contributed by atoms with van der Waals surface area (Å²) < 4.78 is 22.1. The summed E-state index contributed by atoms with van der Waals surface area (Å²) in [6.45, 7) is 0.344. The number of ether oxygens (including phenoxy) is 3. The molecule has 0 spiro atoms. The molecule has 1 saturated heterocycles. The maximum Gasteiger partial charge on any atom is 0.211 e. The minimum atomic E-state index is -0.555. The van der Waals surface area contributed by atoms with E-state index in [1.807, 2.05) is 0 Å². The van der Waals surface area contributed by atoms with Crippen LogP contribution < -0.4 is 0 Å². The molecule has 0 aromatic rings. The Kier molecular flexibility index (Phi) is 3.00. The number of aliphatic hydroxyl groups excluding tert-OH is 1. The Balaban J connectivity index is 2.57. The van der Waals surface area contributed by atoms with Crippen molar-refractivity contribution >= 4 is 7.85 Å². The highest BCUT2D eigenvalue weighted by Crippen LogP contribution is 2.21. The molecule has 0 saturated carbocycles. The largest absolute Gasteiger partial charge is 0.388 e. The van der Waals surface area contributed by atoms with Gasteiger partial charge in [0.25, 0.3) is 0 Å². The monoisotopic (exact) mass is 173 g/mol. The van der Waals surface area contributed by atoms with Crippen molar-refractivity contribution in [1.29, 1.82) is 1.43 Å². The van der Waals surface area contributed by atoms with E-state index in [1.54, 1.807) is 7.11 Å². The normalized spacial score (nSPS) is 43.0. The van der Waals surface area contributed by atoms with Crippen LogP contribution in [0.15, 0.2) is 0 Å². The smallest absolute Gasteiger partial charge is 0.211 e. The molecule has 5 heteroatoms. The van der Waals surface area contributed by atoms with Gasteiger partial charge in [0.2, 0.25) is 1.43 Å². The lowest BCUT2D eigenvalue weighted by molar-refractivity contribution is -0.0247. The Bertz CT molecular complexity index is 159. The maximum absolute atomic E-state index is 6.86. The van der Waals surface area contributed by atoms with Gasteiger partial charge in [0, 0.05) is 20.2 Å². The second-order valence-electron chi connectivity index (χ2n) is 2.76. The van der Waals surface area contributed by atoms with Gasteiger partial charge in [0.15, 0.2) is 0 Å².